The van der Waals surface area contributed by atoms with Crippen LogP contribution in [0.1, 0.15) is 56.4 Å². The number of amides is 1. The number of allylic oxidation sites excluding steroid dienone is 1. The van der Waals surface area contributed by atoms with Crippen molar-refractivity contribution in [3.63, 3.8) is 0 Å². The smallest absolute Gasteiger partial charge is 0.416 e. The predicted octanol–water partition coefficient (Wildman–Crippen LogP) is 5.82. The molecular weight excluding hydrogens is 443 g/mol. The lowest BCUT2D eigenvalue weighted by Gasteiger charge is -2.43. The summed E-state index contributed by atoms with van der Waals surface area (Å²) >= 11 is 0. The first kappa shape index (κ1) is 25.3. The van der Waals surface area contributed by atoms with Crippen LogP contribution in [0.25, 0.3) is 5.57 Å². The van der Waals surface area contributed by atoms with Crippen molar-refractivity contribution in [3.8, 4) is 5.75 Å². The average molecular weight is 474 g/mol. The van der Waals surface area contributed by atoms with Crippen molar-refractivity contribution in [2.45, 2.75) is 52.3 Å². The minimum Gasteiger partial charge on any atom is -0.496 e. The quantitative estimate of drug-likeness (QED) is 0.407. The van der Waals surface area contributed by atoms with E-state index in [0.29, 0.717) is 11.3 Å². The Balaban J connectivity index is 1.79. The van der Waals surface area contributed by atoms with Gasteiger partial charge in [-0.05, 0) is 50.5 Å². The molecule has 2 aromatic rings. The second-order valence-corrected chi connectivity index (χ2v) is 8.91. The third-order valence-electron chi connectivity index (χ3n) is 5.79. The van der Waals surface area contributed by atoms with Gasteiger partial charge in [0.15, 0.2) is 0 Å². The maximum atomic E-state index is 12.9. The van der Waals surface area contributed by atoms with E-state index in [1.165, 1.54) is 18.3 Å². The third-order valence-corrected chi connectivity index (χ3v) is 5.79. The summed E-state index contributed by atoms with van der Waals surface area (Å²) in [4.78, 5) is 14.6. The molecule has 8 heteroatoms. The lowest BCUT2D eigenvalue weighted by atomic mass is 9.87. The summed E-state index contributed by atoms with van der Waals surface area (Å²) in [5, 5.41) is 4.02. The van der Waals surface area contributed by atoms with E-state index < -0.39 is 17.6 Å². The van der Waals surface area contributed by atoms with Gasteiger partial charge in [-0.2, -0.15) is 18.3 Å². The van der Waals surface area contributed by atoms with Gasteiger partial charge >= 0.3 is 6.18 Å². The molecule has 1 heterocycles. The lowest BCUT2D eigenvalue weighted by molar-refractivity contribution is -0.137. The van der Waals surface area contributed by atoms with Gasteiger partial charge in [0.25, 0.3) is 0 Å². The molecule has 0 bridgehead atoms. The summed E-state index contributed by atoms with van der Waals surface area (Å²) in [6.45, 7) is 9.45. The summed E-state index contributed by atoms with van der Waals surface area (Å²) in [6.07, 6.45) is 0.0440. The lowest BCUT2D eigenvalue weighted by Crippen LogP contribution is -2.45. The Morgan fingerprint density at radius 1 is 1.24 bits per heavy atom. The maximum absolute atomic E-state index is 12.9. The molecule has 0 radical (unpaired) electrons. The van der Waals surface area contributed by atoms with Crippen molar-refractivity contribution >= 4 is 23.4 Å². The first-order chi connectivity index (χ1) is 16.0. The standard InChI is InChI=1S/C26H30F3N3O2/c1-6-10-32-22-14-23(34-5)19(13-21(22)17(2)15-25(32,3)4)16-30-31-24(33)12-18-8-7-9-20(11-18)26(27,28)29/h7-9,11,13-16H,6,10,12H2,1-5H3,(H,31,33)/b30-16+. The monoisotopic (exact) mass is 473 g/mol. The van der Waals surface area contributed by atoms with Crippen LogP contribution in [0, 0.1) is 0 Å². The molecule has 0 fully saturated rings. The largest absolute Gasteiger partial charge is 0.496 e. The van der Waals surface area contributed by atoms with Crippen molar-refractivity contribution in [1.29, 1.82) is 0 Å². The van der Waals surface area contributed by atoms with Crippen molar-refractivity contribution in [2.75, 3.05) is 18.6 Å². The zero-order valence-corrected chi connectivity index (χ0v) is 20.1. The minimum atomic E-state index is -4.46. The van der Waals surface area contributed by atoms with Crippen LogP contribution in [0.5, 0.6) is 5.75 Å². The zero-order chi connectivity index (χ0) is 25.1. The van der Waals surface area contributed by atoms with Gasteiger partial charge in [0.05, 0.1) is 30.8 Å². The molecule has 0 atom stereocenters. The Hall–Kier alpha value is -3.29. The molecule has 34 heavy (non-hydrogen) atoms. The summed E-state index contributed by atoms with van der Waals surface area (Å²) in [6, 6.07) is 8.65. The molecule has 0 aliphatic carbocycles. The summed E-state index contributed by atoms with van der Waals surface area (Å²) in [5.74, 6) is 0.0979. The van der Waals surface area contributed by atoms with E-state index in [4.69, 9.17) is 4.74 Å². The highest BCUT2D eigenvalue weighted by atomic mass is 19.4. The summed E-state index contributed by atoms with van der Waals surface area (Å²) < 4.78 is 44.2. The number of anilines is 1. The van der Waals surface area contributed by atoms with Gasteiger partial charge in [0.2, 0.25) is 5.91 Å². The van der Waals surface area contributed by atoms with Gasteiger partial charge in [-0.1, -0.05) is 31.2 Å². The Labute approximate surface area is 198 Å². The minimum absolute atomic E-state index is 0.134. The highest BCUT2D eigenvalue weighted by Crippen LogP contribution is 2.42. The molecule has 5 nitrogen and oxygen atoms in total. The molecule has 1 aliphatic rings. The number of nitrogens with one attached hydrogen (secondary N) is 1. The fourth-order valence-electron chi connectivity index (χ4n) is 4.29. The number of nitrogens with zero attached hydrogens (tertiary/aromatic N) is 2. The molecule has 2 aromatic carbocycles. The van der Waals surface area contributed by atoms with Crippen LogP contribution >= 0.6 is 0 Å². The van der Waals surface area contributed by atoms with Crippen LogP contribution in [-0.4, -0.2) is 31.3 Å². The van der Waals surface area contributed by atoms with E-state index in [1.54, 1.807) is 7.11 Å². The van der Waals surface area contributed by atoms with Crippen LogP contribution in [0.2, 0.25) is 0 Å². The summed E-state index contributed by atoms with van der Waals surface area (Å²) in [5.41, 5.74) is 5.69. The molecule has 182 valence electrons. The molecule has 0 saturated carbocycles. The maximum Gasteiger partial charge on any atom is 0.416 e. The first-order valence-electron chi connectivity index (χ1n) is 11.1. The number of hydrazone groups is 1. The van der Waals surface area contributed by atoms with E-state index >= 15 is 0 Å². The van der Waals surface area contributed by atoms with Crippen molar-refractivity contribution in [2.24, 2.45) is 5.10 Å². The van der Waals surface area contributed by atoms with Crippen LogP contribution in [0.4, 0.5) is 18.9 Å². The number of hydrogen-bond acceptors (Lipinski definition) is 4. The van der Waals surface area contributed by atoms with Crippen LogP contribution in [0.15, 0.2) is 47.6 Å². The number of hydrogen-bond donors (Lipinski definition) is 1. The number of methoxy groups -OCH3 is 1. The molecule has 0 aromatic heterocycles. The fraction of sp³-hybridized carbons (Fsp3) is 0.385. The molecule has 1 N–H and O–H groups in total. The molecule has 1 aliphatic heterocycles. The molecule has 0 spiro atoms. The highest BCUT2D eigenvalue weighted by molar-refractivity contribution is 5.91. The average Bonchev–Trinajstić information content (AvgIpc) is 2.75. The number of halogens is 3. The van der Waals surface area contributed by atoms with Gasteiger partial charge in [0.1, 0.15) is 5.75 Å². The second-order valence-electron chi connectivity index (χ2n) is 8.91. The first-order valence-corrected chi connectivity index (χ1v) is 11.1. The van der Waals surface area contributed by atoms with Crippen LogP contribution in [0.3, 0.4) is 0 Å². The van der Waals surface area contributed by atoms with Gasteiger partial charge in [0, 0.05) is 29.4 Å². The van der Waals surface area contributed by atoms with Crippen LogP contribution in [-0.2, 0) is 17.4 Å². The van der Waals surface area contributed by atoms with E-state index in [0.717, 1.165) is 41.9 Å². The highest BCUT2D eigenvalue weighted by Gasteiger charge is 2.32. The van der Waals surface area contributed by atoms with Gasteiger partial charge < -0.3 is 9.64 Å². The van der Waals surface area contributed by atoms with E-state index in [1.807, 2.05) is 12.1 Å². The topological polar surface area (TPSA) is 53.9 Å². The summed E-state index contributed by atoms with van der Waals surface area (Å²) in [7, 11) is 1.58. The van der Waals surface area contributed by atoms with E-state index in [-0.39, 0.29) is 17.5 Å². The van der Waals surface area contributed by atoms with Crippen molar-refractivity contribution in [1.82, 2.24) is 5.43 Å². The normalized spacial score (nSPS) is 15.2. The Bertz CT molecular complexity index is 1120. The Morgan fingerprint density at radius 2 is 1.97 bits per heavy atom. The third kappa shape index (κ3) is 5.61. The fourth-order valence-corrected chi connectivity index (χ4v) is 4.29. The molecule has 1 amide bonds. The molecule has 0 unspecified atom stereocenters. The Kier molecular flexibility index (Phi) is 7.38. The number of fused-ring (bicyclic) bond motifs is 1. The van der Waals surface area contributed by atoms with Gasteiger partial charge in [-0.3, -0.25) is 4.79 Å². The van der Waals surface area contributed by atoms with Crippen LogP contribution < -0.4 is 15.1 Å². The van der Waals surface area contributed by atoms with E-state index in [2.05, 4.69) is 49.2 Å². The van der Waals surface area contributed by atoms with Gasteiger partial charge in [-0.15, -0.1) is 0 Å². The number of benzene rings is 2. The molecule has 3 rings (SSSR count). The Morgan fingerprint density at radius 3 is 2.62 bits per heavy atom. The van der Waals surface area contributed by atoms with Crippen molar-refractivity contribution in [3.05, 3.63) is 64.7 Å². The number of carbonyl (C=O) groups is 1. The zero-order valence-electron chi connectivity index (χ0n) is 20.1. The SMILES string of the molecule is CCCN1c2cc(OC)c(/C=N/NC(=O)Cc3cccc(C(F)(F)F)c3)cc2C(C)=CC1(C)C. The second kappa shape index (κ2) is 9.91. The van der Waals surface area contributed by atoms with E-state index in [9.17, 15) is 18.0 Å². The predicted molar refractivity (Wildman–Crippen MR) is 129 cm³/mol. The number of carbonyl (C=O) groups excluding carboxylic acids is 1. The van der Waals surface area contributed by atoms with Crippen molar-refractivity contribution < 1.29 is 22.7 Å². The number of rotatable bonds is 7. The molecular formula is C26H30F3N3O2. The number of alkyl halides is 3. The van der Waals surface area contributed by atoms with Gasteiger partial charge in [-0.25, -0.2) is 5.43 Å². The molecule has 0 saturated heterocycles. The number of ether oxygens (including phenoxy) is 1.